The molecule has 1 rings (SSSR count). The van der Waals surface area contributed by atoms with E-state index in [1.54, 1.807) is 25.1 Å². The van der Waals surface area contributed by atoms with Gasteiger partial charge >= 0.3 is 11.9 Å². The fourth-order valence-corrected chi connectivity index (χ4v) is 1.40. The molecule has 0 aliphatic rings. The van der Waals surface area contributed by atoms with Crippen molar-refractivity contribution < 1.29 is 19.8 Å². The van der Waals surface area contributed by atoms with Crippen LogP contribution in [-0.4, -0.2) is 22.2 Å². The van der Waals surface area contributed by atoms with E-state index in [2.05, 4.69) is 6.58 Å². The summed E-state index contributed by atoms with van der Waals surface area (Å²) in [6, 6.07) is 6.22. The van der Waals surface area contributed by atoms with Crippen LogP contribution >= 0.6 is 0 Å². The summed E-state index contributed by atoms with van der Waals surface area (Å²) < 4.78 is 0. The average Bonchev–Trinajstić information content (AvgIpc) is 2.38. The number of carbonyl (C=O) groups is 2. The fourth-order valence-electron chi connectivity index (χ4n) is 1.40. The molecule has 0 aliphatic heterocycles. The first-order valence-corrected chi connectivity index (χ1v) is 5.56. The molecule has 19 heavy (non-hydrogen) atoms. The van der Waals surface area contributed by atoms with Gasteiger partial charge in [-0.05, 0) is 36.3 Å². The van der Waals surface area contributed by atoms with Crippen LogP contribution in [0.2, 0.25) is 0 Å². The molecule has 0 unspecified atom stereocenters. The van der Waals surface area contributed by atoms with Gasteiger partial charge in [0.05, 0.1) is 11.1 Å². The highest BCUT2D eigenvalue weighted by atomic mass is 16.4. The topological polar surface area (TPSA) is 74.6 Å². The second kappa shape index (κ2) is 6.35. The van der Waals surface area contributed by atoms with E-state index in [0.717, 1.165) is 5.56 Å². The molecule has 0 amide bonds. The predicted octanol–water partition coefficient (Wildman–Crippen LogP) is 2.99. The van der Waals surface area contributed by atoms with E-state index < -0.39 is 11.9 Å². The zero-order valence-electron chi connectivity index (χ0n) is 10.5. The first-order chi connectivity index (χ1) is 8.95. The quantitative estimate of drug-likeness (QED) is 0.629. The molecule has 0 atom stereocenters. The molecule has 4 nitrogen and oxygen atoms in total. The Morgan fingerprint density at radius 3 is 2.00 bits per heavy atom. The maximum atomic E-state index is 10.8. The lowest BCUT2D eigenvalue weighted by molar-refractivity contribution is -0.132. The average molecular weight is 258 g/mol. The van der Waals surface area contributed by atoms with Crippen LogP contribution < -0.4 is 0 Å². The molecule has 0 saturated carbocycles. The third-order valence-corrected chi connectivity index (χ3v) is 2.52. The van der Waals surface area contributed by atoms with E-state index in [0.29, 0.717) is 5.57 Å². The summed E-state index contributed by atoms with van der Waals surface area (Å²) in [6.45, 7) is 5.45. The van der Waals surface area contributed by atoms with Crippen LogP contribution in [0.15, 0.2) is 54.6 Å². The smallest absolute Gasteiger partial charge is 0.335 e. The third-order valence-electron chi connectivity index (χ3n) is 2.52. The Bertz CT molecular complexity index is 562. The van der Waals surface area contributed by atoms with E-state index >= 15 is 0 Å². The maximum Gasteiger partial charge on any atom is 0.335 e. The lowest BCUT2D eigenvalue weighted by atomic mass is 10.0. The Balaban J connectivity index is 2.87. The first-order valence-electron chi connectivity index (χ1n) is 5.56. The Morgan fingerprint density at radius 2 is 1.58 bits per heavy atom. The number of carboxylic acids is 2. The molecule has 4 heteroatoms. The van der Waals surface area contributed by atoms with Crippen molar-refractivity contribution in [3.63, 3.8) is 0 Å². The van der Waals surface area contributed by atoms with Crippen molar-refractivity contribution >= 4 is 17.5 Å². The van der Waals surface area contributed by atoms with Crippen molar-refractivity contribution in [2.75, 3.05) is 0 Å². The maximum absolute atomic E-state index is 10.8. The van der Waals surface area contributed by atoms with E-state index in [4.69, 9.17) is 10.2 Å². The molecule has 1 aromatic rings. The highest BCUT2D eigenvalue weighted by Crippen LogP contribution is 2.15. The van der Waals surface area contributed by atoms with Gasteiger partial charge in [-0.3, -0.25) is 0 Å². The molecule has 0 aromatic heterocycles. The number of hydrogen-bond acceptors (Lipinski definition) is 2. The number of aromatic carboxylic acids is 1. The summed E-state index contributed by atoms with van der Waals surface area (Å²) in [4.78, 5) is 21.5. The van der Waals surface area contributed by atoms with E-state index in [1.165, 1.54) is 24.3 Å². The van der Waals surface area contributed by atoms with Crippen molar-refractivity contribution in [2.24, 2.45) is 0 Å². The number of benzene rings is 1. The van der Waals surface area contributed by atoms with Gasteiger partial charge in [-0.1, -0.05) is 30.9 Å². The first kappa shape index (κ1) is 14.4. The monoisotopic (exact) mass is 258 g/mol. The number of rotatable bonds is 5. The predicted molar refractivity (Wildman–Crippen MR) is 73.0 cm³/mol. The van der Waals surface area contributed by atoms with Gasteiger partial charge in [0, 0.05) is 0 Å². The zero-order valence-corrected chi connectivity index (χ0v) is 10.5. The van der Waals surface area contributed by atoms with Gasteiger partial charge in [-0.15, -0.1) is 0 Å². The van der Waals surface area contributed by atoms with Gasteiger partial charge in [0.25, 0.3) is 0 Å². The van der Waals surface area contributed by atoms with Crippen LogP contribution in [0, 0.1) is 0 Å². The molecule has 0 fully saturated rings. The summed E-state index contributed by atoms with van der Waals surface area (Å²) >= 11 is 0. The van der Waals surface area contributed by atoms with E-state index in [9.17, 15) is 9.59 Å². The second-order valence-corrected chi connectivity index (χ2v) is 3.79. The lowest BCUT2D eigenvalue weighted by Gasteiger charge is -2.01. The Morgan fingerprint density at radius 1 is 1.05 bits per heavy atom. The fraction of sp³-hybridized carbons (Fsp3) is 0.0667. The zero-order chi connectivity index (χ0) is 14.4. The number of hydrogen-bond donors (Lipinski definition) is 2. The molecule has 0 radical (unpaired) electrons. The summed E-state index contributed by atoms with van der Waals surface area (Å²) in [5.74, 6) is -2.00. The van der Waals surface area contributed by atoms with Crippen molar-refractivity contribution in [1.29, 1.82) is 0 Å². The van der Waals surface area contributed by atoms with Crippen LogP contribution in [0.25, 0.3) is 5.57 Å². The largest absolute Gasteiger partial charge is 0.478 e. The highest BCUT2D eigenvalue weighted by Gasteiger charge is 2.04. The van der Waals surface area contributed by atoms with E-state index in [-0.39, 0.29) is 11.1 Å². The SMILES string of the molecule is C=C(/C=C\C(=C/C)C(=O)O)c1ccc(C(=O)O)cc1. The standard InChI is InChI=1S/C15H14O4/c1-3-11(14(16)17)5-4-10(2)12-6-8-13(9-7-12)15(18)19/h3-9H,2H2,1H3,(H,16,17)(H,18,19)/b5-4-,11-3+. The summed E-state index contributed by atoms with van der Waals surface area (Å²) in [6.07, 6.45) is 4.52. The molecule has 0 heterocycles. The molecule has 98 valence electrons. The van der Waals surface area contributed by atoms with Gasteiger partial charge < -0.3 is 10.2 Å². The summed E-state index contributed by atoms with van der Waals surface area (Å²) in [5.41, 5.74) is 1.71. The molecule has 2 N–H and O–H groups in total. The number of carboxylic acid groups (broad SMARTS) is 2. The number of allylic oxidation sites excluding steroid dienone is 3. The second-order valence-electron chi connectivity index (χ2n) is 3.79. The normalized spacial score (nSPS) is 11.5. The van der Waals surface area contributed by atoms with Crippen LogP contribution in [-0.2, 0) is 4.79 Å². The Hall–Kier alpha value is -2.62. The molecular weight excluding hydrogens is 244 g/mol. The van der Waals surface area contributed by atoms with Gasteiger partial charge in [0.15, 0.2) is 0 Å². The molecule has 0 aliphatic carbocycles. The van der Waals surface area contributed by atoms with Crippen molar-refractivity contribution in [1.82, 2.24) is 0 Å². The minimum Gasteiger partial charge on any atom is -0.478 e. The van der Waals surface area contributed by atoms with Gasteiger partial charge in [-0.25, -0.2) is 9.59 Å². The Kier molecular flexibility index (Phi) is 4.83. The molecule has 0 bridgehead atoms. The van der Waals surface area contributed by atoms with Gasteiger partial charge in [-0.2, -0.15) is 0 Å². The van der Waals surface area contributed by atoms with Crippen molar-refractivity contribution in [3.05, 3.63) is 65.8 Å². The molecule has 1 aromatic carbocycles. The van der Waals surface area contributed by atoms with E-state index in [1.807, 2.05) is 0 Å². The van der Waals surface area contributed by atoms with Crippen LogP contribution in [0.4, 0.5) is 0 Å². The highest BCUT2D eigenvalue weighted by molar-refractivity contribution is 5.91. The van der Waals surface area contributed by atoms with Crippen LogP contribution in [0.3, 0.4) is 0 Å². The van der Waals surface area contributed by atoms with Crippen molar-refractivity contribution in [2.45, 2.75) is 6.92 Å². The summed E-state index contributed by atoms with van der Waals surface area (Å²) in [5, 5.41) is 17.6. The minimum absolute atomic E-state index is 0.170. The minimum atomic E-state index is -1.01. The van der Waals surface area contributed by atoms with Crippen LogP contribution in [0.1, 0.15) is 22.8 Å². The summed E-state index contributed by atoms with van der Waals surface area (Å²) in [7, 11) is 0. The van der Waals surface area contributed by atoms with Crippen molar-refractivity contribution in [3.8, 4) is 0 Å². The molecular formula is C15H14O4. The lowest BCUT2D eigenvalue weighted by Crippen LogP contribution is -1.97. The van der Waals surface area contributed by atoms with Gasteiger partial charge in [0.2, 0.25) is 0 Å². The Labute approximate surface area is 111 Å². The third kappa shape index (κ3) is 3.96. The van der Waals surface area contributed by atoms with Crippen LogP contribution in [0.5, 0.6) is 0 Å². The molecule has 0 saturated heterocycles. The molecule has 0 spiro atoms. The van der Waals surface area contributed by atoms with Gasteiger partial charge in [0.1, 0.15) is 0 Å². The number of aliphatic carboxylic acids is 1.